The van der Waals surface area contributed by atoms with Crippen LogP contribution >= 0.6 is 11.6 Å². The predicted molar refractivity (Wildman–Crippen MR) is 65.0 cm³/mol. The molecule has 0 bridgehead atoms. The van der Waals surface area contributed by atoms with Gasteiger partial charge < -0.3 is 9.47 Å². The molecule has 0 amide bonds. The molecule has 0 atom stereocenters. The molecule has 1 aromatic rings. The van der Waals surface area contributed by atoms with Gasteiger partial charge in [0.25, 0.3) is 5.69 Å². The number of nitro benzene ring substituents is 1. The van der Waals surface area contributed by atoms with Crippen LogP contribution in [0.5, 0.6) is 5.75 Å². The van der Waals surface area contributed by atoms with Crippen molar-refractivity contribution >= 4 is 23.3 Å². The summed E-state index contributed by atoms with van der Waals surface area (Å²) in [6.07, 6.45) is -0.456. The quantitative estimate of drug-likeness (QED) is 0.349. The van der Waals surface area contributed by atoms with Crippen molar-refractivity contribution in [2.45, 2.75) is 18.9 Å². The van der Waals surface area contributed by atoms with Crippen molar-refractivity contribution in [3.8, 4) is 5.75 Å². The third-order valence-corrected chi connectivity index (χ3v) is 2.73. The maximum absolute atomic E-state index is 12.3. The van der Waals surface area contributed by atoms with E-state index in [-0.39, 0.29) is 28.4 Å². The van der Waals surface area contributed by atoms with E-state index in [4.69, 9.17) is 11.6 Å². The Hall–Kier alpha value is -1.96. The van der Waals surface area contributed by atoms with Crippen LogP contribution in [0.15, 0.2) is 12.1 Å². The van der Waals surface area contributed by atoms with Crippen molar-refractivity contribution in [2.24, 2.45) is 0 Å². The van der Waals surface area contributed by atoms with Crippen LogP contribution in [0.1, 0.15) is 11.1 Å². The zero-order chi connectivity index (χ0) is 15.3. The van der Waals surface area contributed by atoms with Crippen molar-refractivity contribution in [1.82, 2.24) is 0 Å². The van der Waals surface area contributed by atoms with Gasteiger partial charge in [-0.25, -0.2) is 0 Å². The number of carbonyl (C=O) groups is 1. The van der Waals surface area contributed by atoms with Crippen molar-refractivity contribution in [2.75, 3.05) is 7.11 Å². The largest absolute Gasteiger partial charge is 0.469 e. The van der Waals surface area contributed by atoms with E-state index in [0.717, 1.165) is 19.2 Å². The van der Waals surface area contributed by atoms with E-state index in [1.807, 2.05) is 0 Å². The lowest BCUT2D eigenvalue weighted by Crippen LogP contribution is -2.12. The number of hydrogen-bond acceptors (Lipinski definition) is 5. The van der Waals surface area contributed by atoms with Crippen LogP contribution in [0, 0.1) is 10.1 Å². The first-order valence-corrected chi connectivity index (χ1v) is 5.80. The van der Waals surface area contributed by atoms with Gasteiger partial charge >= 0.3 is 12.6 Å². The minimum Gasteiger partial charge on any atom is -0.469 e. The highest BCUT2D eigenvalue weighted by Gasteiger charge is 2.24. The Morgan fingerprint density at radius 3 is 2.55 bits per heavy atom. The lowest BCUT2D eigenvalue weighted by atomic mass is 10.0. The average molecular weight is 310 g/mol. The lowest BCUT2D eigenvalue weighted by molar-refractivity contribution is -0.385. The predicted octanol–water partition coefficient (Wildman–Crippen LogP) is 2.65. The van der Waals surface area contributed by atoms with Crippen LogP contribution in [0.4, 0.5) is 14.5 Å². The van der Waals surface area contributed by atoms with Gasteiger partial charge in [0.1, 0.15) is 5.75 Å². The molecule has 0 fully saturated rings. The summed E-state index contributed by atoms with van der Waals surface area (Å²) in [6.45, 7) is -3.13. The number of ether oxygens (including phenoxy) is 2. The van der Waals surface area contributed by atoms with Crippen LogP contribution in [0.25, 0.3) is 0 Å². The molecule has 0 aliphatic carbocycles. The fraction of sp³-hybridized carbons (Fsp3) is 0.364. The maximum Gasteiger partial charge on any atom is 0.387 e. The summed E-state index contributed by atoms with van der Waals surface area (Å²) in [6, 6.07) is 1.99. The van der Waals surface area contributed by atoms with Crippen LogP contribution in [0.2, 0.25) is 0 Å². The third-order valence-electron chi connectivity index (χ3n) is 2.46. The number of halogens is 3. The first kappa shape index (κ1) is 16.1. The molecule has 20 heavy (non-hydrogen) atoms. The van der Waals surface area contributed by atoms with Gasteiger partial charge in [-0.15, -0.1) is 11.6 Å². The van der Waals surface area contributed by atoms with Crippen molar-refractivity contribution in [3.63, 3.8) is 0 Å². The topological polar surface area (TPSA) is 78.7 Å². The van der Waals surface area contributed by atoms with Crippen LogP contribution in [-0.2, 0) is 21.8 Å². The maximum atomic E-state index is 12.3. The summed E-state index contributed by atoms with van der Waals surface area (Å²) >= 11 is 5.62. The number of alkyl halides is 3. The fourth-order valence-corrected chi connectivity index (χ4v) is 1.89. The van der Waals surface area contributed by atoms with Crippen molar-refractivity contribution in [1.29, 1.82) is 0 Å². The number of rotatable bonds is 6. The normalized spacial score (nSPS) is 10.4. The Labute approximate surface area is 117 Å². The van der Waals surface area contributed by atoms with Crippen LogP contribution in [0.3, 0.4) is 0 Å². The number of nitro groups is 1. The highest BCUT2D eigenvalue weighted by atomic mass is 35.5. The molecule has 0 saturated carbocycles. The molecule has 6 nitrogen and oxygen atoms in total. The highest BCUT2D eigenvalue weighted by Crippen LogP contribution is 2.33. The summed E-state index contributed by atoms with van der Waals surface area (Å²) in [4.78, 5) is 21.4. The summed E-state index contributed by atoms with van der Waals surface area (Å²) in [7, 11) is 1.10. The Morgan fingerprint density at radius 2 is 2.10 bits per heavy atom. The Kier molecular flexibility index (Phi) is 5.63. The summed E-state index contributed by atoms with van der Waals surface area (Å²) < 4.78 is 33.3. The molecule has 0 saturated heterocycles. The van der Waals surface area contributed by atoms with Gasteiger partial charge in [-0.05, 0) is 6.07 Å². The smallest absolute Gasteiger partial charge is 0.387 e. The molecule has 0 aliphatic rings. The second-order valence-corrected chi connectivity index (χ2v) is 3.83. The number of carbonyl (C=O) groups excluding carboxylic acids is 1. The molecule has 0 aliphatic heterocycles. The van der Waals surface area contributed by atoms with Crippen LogP contribution in [-0.4, -0.2) is 24.6 Å². The molecule has 1 rings (SSSR count). The van der Waals surface area contributed by atoms with Gasteiger partial charge in [-0.1, -0.05) is 0 Å². The van der Waals surface area contributed by atoms with E-state index in [1.165, 1.54) is 0 Å². The van der Waals surface area contributed by atoms with Gasteiger partial charge in [0.15, 0.2) is 0 Å². The van der Waals surface area contributed by atoms with E-state index < -0.39 is 23.9 Å². The van der Waals surface area contributed by atoms with Gasteiger partial charge in [0, 0.05) is 11.6 Å². The number of esters is 1. The average Bonchev–Trinajstić information content (AvgIpc) is 2.39. The fourth-order valence-electron chi connectivity index (χ4n) is 1.60. The van der Waals surface area contributed by atoms with Gasteiger partial charge in [0.05, 0.1) is 29.9 Å². The molecule has 0 spiro atoms. The number of methoxy groups -OCH3 is 1. The van der Waals surface area contributed by atoms with E-state index in [2.05, 4.69) is 9.47 Å². The Balaban J connectivity index is 3.38. The minimum absolute atomic E-state index is 0.0554. The van der Waals surface area contributed by atoms with E-state index >= 15 is 0 Å². The molecular formula is C11H10ClF2NO5. The molecule has 0 aromatic heterocycles. The highest BCUT2D eigenvalue weighted by molar-refractivity contribution is 6.17. The second kappa shape index (κ2) is 6.99. The van der Waals surface area contributed by atoms with E-state index in [9.17, 15) is 23.7 Å². The Bertz CT molecular complexity index is 524. The molecular weight excluding hydrogens is 300 g/mol. The number of hydrogen-bond donors (Lipinski definition) is 0. The molecule has 0 radical (unpaired) electrons. The minimum atomic E-state index is -3.13. The monoisotopic (exact) mass is 309 g/mol. The van der Waals surface area contributed by atoms with E-state index in [0.29, 0.717) is 0 Å². The first-order valence-electron chi connectivity index (χ1n) is 5.27. The molecule has 0 heterocycles. The lowest BCUT2D eigenvalue weighted by Gasteiger charge is -2.13. The first-order chi connectivity index (χ1) is 9.40. The molecule has 9 heteroatoms. The summed E-state index contributed by atoms with van der Waals surface area (Å²) in [5.41, 5.74) is -0.512. The SMILES string of the molecule is COC(=O)Cc1c(OC(F)F)ccc([N+](=O)[O-])c1CCl. The van der Waals surface area contributed by atoms with Crippen molar-refractivity contribution < 1.29 is 28.0 Å². The van der Waals surface area contributed by atoms with Gasteiger partial charge in [-0.2, -0.15) is 8.78 Å². The zero-order valence-electron chi connectivity index (χ0n) is 10.3. The standard InChI is InChI=1S/C11H10ClF2NO5/c1-19-10(16)4-6-7(5-12)8(15(17)18)2-3-9(6)20-11(13)14/h2-3,11H,4-5H2,1H3. The van der Waals surface area contributed by atoms with E-state index in [1.54, 1.807) is 0 Å². The number of nitrogens with zero attached hydrogens (tertiary/aromatic N) is 1. The zero-order valence-corrected chi connectivity index (χ0v) is 11.0. The molecule has 110 valence electrons. The summed E-state index contributed by atoms with van der Waals surface area (Å²) in [5.74, 6) is -1.43. The van der Waals surface area contributed by atoms with Gasteiger partial charge in [-0.3, -0.25) is 14.9 Å². The molecule has 0 N–H and O–H groups in total. The molecule has 0 unspecified atom stereocenters. The van der Waals surface area contributed by atoms with Gasteiger partial charge in [0.2, 0.25) is 0 Å². The second-order valence-electron chi connectivity index (χ2n) is 3.56. The third kappa shape index (κ3) is 3.77. The van der Waals surface area contributed by atoms with Crippen molar-refractivity contribution in [3.05, 3.63) is 33.4 Å². The Morgan fingerprint density at radius 1 is 1.45 bits per heavy atom. The number of benzene rings is 1. The molecule has 1 aromatic carbocycles. The van der Waals surface area contributed by atoms with Crippen LogP contribution < -0.4 is 4.74 Å². The summed E-state index contributed by atoms with van der Waals surface area (Å²) in [5, 5.41) is 10.9.